The van der Waals surface area contributed by atoms with E-state index in [-0.39, 0.29) is 4.88 Å². The molecule has 96 valence electrons. The Morgan fingerprint density at radius 3 is 2.56 bits per heavy atom. The molecule has 0 aliphatic heterocycles. The second-order valence-electron chi connectivity index (χ2n) is 3.65. The molecule has 0 aliphatic carbocycles. The zero-order valence-corrected chi connectivity index (χ0v) is 11.0. The van der Waals surface area contributed by atoms with Crippen molar-refractivity contribution in [1.82, 2.24) is 9.97 Å². The highest BCUT2D eigenvalue weighted by Gasteiger charge is 2.38. The maximum atomic E-state index is 12.8. The predicted octanol–water partition coefficient (Wildman–Crippen LogP) is 4.21. The molecule has 1 atom stereocenters. The van der Waals surface area contributed by atoms with Crippen molar-refractivity contribution in [3.8, 4) is 10.6 Å². The molecule has 2 heterocycles. The molecule has 0 radical (unpaired) electrons. The van der Waals surface area contributed by atoms with Crippen LogP contribution in [0.2, 0.25) is 0 Å². The molecule has 7 heteroatoms. The lowest BCUT2D eigenvalue weighted by atomic mass is 10.3. The van der Waals surface area contributed by atoms with Crippen LogP contribution in [-0.2, 0) is 6.18 Å². The third-order valence-corrected chi connectivity index (χ3v) is 3.93. The van der Waals surface area contributed by atoms with E-state index < -0.39 is 17.1 Å². The van der Waals surface area contributed by atoms with Crippen LogP contribution in [0.1, 0.15) is 22.7 Å². The Balaban J connectivity index is 2.53. The smallest absolute Gasteiger partial charge is 0.264 e. The SMILES string of the molecule is CC(S)c1sc(-c2cccnc2)nc1C(F)(F)F. The summed E-state index contributed by atoms with van der Waals surface area (Å²) in [4.78, 5) is 7.68. The number of thiazole rings is 1. The van der Waals surface area contributed by atoms with Gasteiger partial charge in [-0.25, -0.2) is 4.98 Å². The van der Waals surface area contributed by atoms with Crippen molar-refractivity contribution >= 4 is 24.0 Å². The van der Waals surface area contributed by atoms with Crippen molar-refractivity contribution in [2.75, 3.05) is 0 Å². The van der Waals surface area contributed by atoms with E-state index in [4.69, 9.17) is 0 Å². The van der Waals surface area contributed by atoms with Crippen molar-refractivity contribution in [3.05, 3.63) is 35.1 Å². The number of hydrogen-bond donors (Lipinski definition) is 1. The highest BCUT2D eigenvalue weighted by molar-refractivity contribution is 7.80. The first-order valence-electron chi connectivity index (χ1n) is 5.06. The number of halogens is 3. The number of hydrogen-bond acceptors (Lipinski definition) is 4. The van der Waals surface area contributed by atoms with E-state index in [0.29, 0.717) is 10.6 Å². The molecule has 0 saturated heterocycles. The third kappa shape index (κ3) is 2.67. The standard InChI is InChI=1S/C11H9F3N2S2/c1-6(17)8-9(11(12,13)14)16-10(18-8)7-3-2-4-15-5-7/h2-6,17H,1H3. The number of thiol groups is 1. The van der Waals surface area contributed by atoms with Gasteiger partial charge >= 0.3 is 6.18 Å². The van der Waals surface area contributed by atoms with E-state index >= 15 is 0 Å². The molecule has 0 fully saturated rings. The monoisotopic (exact) mass is 290 g/mol. The van der Waals surface area contributed by atoms with Crippen LogP contribution in [0.15, 0.2) is 24.5 Å². The molecular weight excluding hydrogens is 281 g/mol. The number of nitrogens with zero attached hydrogens (tertiary/aromatic N) is 2. The maximum Gasteiger partial charge on any atom is 0.434 e. The van der Waals surface area contributed by atoms with Gasteiger partial charge in [0, 0.05) is 28.1 Å². The Kier molecular flexibility index (Phi) is 3.63. The van der Waals surface area contributed by atoms with Crippen LogP contribution >= 0.6 is 24.0 Å². The molecule has 0 spiro atoms. The first-order chi connectivity index (χ1) is 8.39. The fourth-order valence-corrected chi connectivity index (χ4v) is 2.72. The molecule has 2 nitrogen and oxygen atoms in total. The summed E-state index contributed by atoms with van der Waals surface area (Å²) in [6.07, 6.45) is -1.40. The maximum absolute atomic E-state index is 12.8. The average Bonchev–Trinajstić information content (AvgIpc) is 2.74. The van der Waals surface area contributed by atoms with Crippen molar-refractivity contribution < 1.29 is 13.2 Å². The molecule has 0 saturated carbocycles. The van der Waals surface area contributed by atoms with Gasteiger partial charge < -0.3 is 0 Å². The minimum atomic E-state index is -4.46. The summed E-state index contributed by atoms with van der Waals surface area (Å²) in [6.45, 7) is 1.60. The van der Waals surface area contributed by atoms with Crippen LogP contribution in [0.4, 0.5) is 13.2 Å². The highest BCUT2D eigenvalue weighted by atomic mass is 32.1. The van der Waals surface area contributed by atoms with E-state index in [1.807, 2.05) is 0 Å². The van der Waals surface area contributed by atoms with Gasteiger partial charge in [-0.1, -0.05) is 0 Å². The molecular formula is C11H9F3N2S2. The summed E-state index contributed by atoms with van der Waals surface area (Å²) < 4.78 is 38.5. The topological polar surface area (TPSA) is 25.8 Å². The van der Waals surface area contributed by atoms with Crippen LogP contribution in [-0.4, -0.2) is 9.97 Å². The van der Waals surface area contributed by atoms with Crippen molar-refractivity contribution in [2.45, 2.75) is 18.3 Å². The summed E-state index contributed by atoms with van der Waals surface area (Å²) in [5.74, 6) is 0. The number of aromatic nitrogens is 2. The van der Waals surface area contributed by atoms with E-state index in [9.17, 15) is 13.2 Å². The van der Waals surface area contributed by atoms with Gasteiger partial charge in [-0.05, 0) is 19.1 Å². The largest absolute Gasteiger partial charge is 0.434 e. The minimum Gasteiger partial charge on any atom is -0.264 e. The summed E-state index contributed by atoms with van der Waals surface area (Å²) >= 11 is 5.07. The van der Waals surface area contributed by atoms with E-state index in [1.54, 1.807) is 25.3 Å². The Bertz CT molecular complexity index is 535. The van der Waals surface area contributed by atoms with Gasteiger partial charge in [0.25, 0.3) is 0 Å². The Morgan fingerprint density at radius 1 is 1.39 bits per heavy atom. The van der Waals surface area contributed by atoms with Crippen molar-refractivity contribution in [3.63, 3.8) is 0 Å². The number of rotatable bonds is 2. The lowest BCUT2D eigenvalue weighted by molar-refractivity contribution is -0.141. The lowest BCUT2D eigenvalue weighted by Gasteiger charge is -2.07. The summed E-state index contributed by atoms with van der Waals surface area (Å²) in [5, 5.41) is -0.198. The van der Waals surface area contributed by atoms with Gasteiger partial charge in [-0.2, -0.15) is 25.8 Å². The first kappa shape index (κ1) is 13.4. The fraction of sp³-hybridized carbons (Fsp3) is 0.273. The van der Waals surface area contributed by atoms with Crippen molar-refractivity contribution in [1.29, 1.82) is 0 Å². The quantitative estimate of drug-likeness (QED) is 0.838. The van der Waals surface area contributed by atoms with Gasteiger partial charge in [-0.3, -0.25) is 4.98 Å². The normalized spacial score (nSPS) is 13.6. The van der Waals surface area contributed by atoms with Crippen LogP contribution < -0.4 is 0 Å². The van der Waals surface area contributed by atoms with Crippen molar-refractivity contribution in [2.24, 2.45) is 0 Å². The molecule has 0 aliphatic rings. The Morgan fingerprint density at radius 2 is 2.11 bits per heavy atom. The number of alkyl halides is 3. The molecule has 1 unspecified atom stereocenters. The molecule has 0 aromatic carbocycles. The predicted molar refractivity (Wildman–Crippen MR) is 67.7 cm³/mol. The molecule has 2 aromatic heterocycles. The summed E-state index contributed by atoms with van der Waals surface area (Å²) in [7, 11) is 0. The zero-order chi connectivity index (χ0) is 13.3. The van der Waals surface area contributed by atoms with Gasteiger partial charge in [0.1, 0.15) is 5.01 Å². The lowest BCUT2D eigenvalue weighted by Crippen LogP contribution is -2.08. The number of pyridine rings is 1. The van der Waals surface area contributed by atoms with Gasteiger partial charge in [0.05, 0.1) is 0 Å². The summed E-state index contributed by atoms with van der Waals surface area (Å²) in [6, 6.07) is 3.34. The zero-order valence-electron chi connectivity index (χ0n) is 9.27. The van der Waals surface area contributed by atoms with E-state index in [2.05, 4.69) is 22.6 Å². The van der Waals surface area contributed by atoms with Crippen LogP contribution in [0, 0.1) is 0 Å². The highest BCUT2D eigenvalue weighted by Crippen LogP contribution is 2.41. The molecule has 0 amide bonds. The second kappa shape index (κ2) is 4.89. The molecule has 0 N–H and O–H groups in total. The Labute approximate surface area is 111 Å². The molecule has 2 rings (SSSR count). The van der Waals surface area contributed by atoms with Gasteiger partial charge in [0.2, 0.25) is 0 Å². The third-order valence-electron chi connectivity index (χ3n) is 2.21. The second-order valence-corrected chi connectivity index (χ2v) is 5.45. The van der Waals surface area contributed by atoms with Crippen LogP contribution in [0.25, 0.3) is 10.6 Å². The van der Waals surface area contributed by atoms with Gasteiger partial charge in [0.15, 0.2) is 5.69 Å². The van der Waals surface area contributed by atoms with Crippen LogP contribution in [0.5, 0.6) is 0 Å². The molecule has 0 bridgehead atoms. The summed E-state index contributed by atoms with van der Waals surface area (Å²) in [5.41, 5.74) is -0.276. The van der Waals surface area contributed by atoms with Gasteiger partial charge in [-0.15, -0.1) is 11.3 Å². The molecule has 18 heavy (non-hydrogen) atoms. The fourth-order valence-electron chi connectivity index (χ4n) is 1.43. The van der Waals surface area contributed by atoms with Crippen LogP contribution in [0.3, 0.4) is 0 Å². The minimum absolute atomic E-state index is 0.129. The molecule has 2 aromatic rings. The van der Waals surface area contributed by atoms with E-state index in [1.165, 1.54) is 6.20 Å². The first-order valence-corrected chi connectivity index (χ1v) is 6.39. The average molecular weight is 290 g/mol. The van der Waals surface area contributed by atoms with E-state index in [0.717, 1.165) is 11.3 Å². The Hall–Kier alpha value is -1.08.